The van der Waals surface area contributed by atoms with E-state index < -0.39 is 11.7 Å². The van der Waals surface area contributed by atoms with Crippen LogP contribution < -0.4 is 5.32 Å². The van der Waals surface area contributed by atoms with Crippen LogP contribution in [-0.2, 0) is 6.18 Å². The molecule has 0 saturated heterocycles. The second-order valence-corrected chi connectivity index (χ2v) is 8.23. The summed E-state index contributed by atoms with van der Waals surface area (Å²) in [6.45, 7) is 4.71. The lowest BCUT2D eigenvalue weighted by Crippen LogP contribution is -2.08. The van der Waals surface area contributed by atoms with Crippen molar-refractivity contribution in [3.05, 3.63) is 34.9 Å². The average Bonchev–Trinajstić information content (AvgIpc) is 3.39. The fourth-order valence-electron chi connectivity index (χ4n) is 3.26. The number of nitrogens with zero attached hydrogens (tertiary/aromatic N) is 3. The molecule has 4 nitrogen and oxygen atoms in total. The van der Waals surface area contributed by atoms with Crippen molar-refractivity contribution in [3.63, 3.8) is 0 Å². The minimum Gasteiger partial charge on any atom is -0.360 e. The molecule has 0 atom stereocenters. The number of anilines is 1. The zero-order valence-electron chi connectivity index (χ0n) is 15.7. The molecule has 8 heteroatoms. The van der Waals surface area contributed by atoms with Crippen LogP contribution in [0, 0.1) is 6.92 Å². The lowest BCUT2D eigenvalue weighted by Gasteiger charge is -2.14. The summed E-state index contributed by atoms with van der Waals surface area (Å²) in [4.78, 5) is 4.36. The Morgan fingerprint density at radius 2 is 1.96 bits per heavy atom. The van der Waals surface area contributed by atoms with Crippen LogP contribution >= 0.6 is 11.3 Å². The second kappa shape index (κ2) is 7.31. The van der Waals surface area contributed by atoms with Crippen molar-refractivity contribution < 1.29 is 13.2 Å². The largest absolute Gasteiger partial charge is 0.418 e. The first-order valence-electron chi connectivity index (χ1n) is 9.47. The lowest BCUT2D eigenvalue weighted by molar-refractivity contribution is -0.136. The van der Waals surface area contributed by atoms with E-state index in [1.165, 1.54) is 17.4 Å². The van der Waals surface area contributed by atoms with Crippen molar-refractivity contribution in [2.24, 2.45) is 0 Å². The van der Waals surface area contributed by atoms with Gasteiger partial charge in [-0.1, -0.05) is 24.7 Å². The minimum atomic E-state index is -4.45. The topological polar surface area (TPSA) is 50.7 Å². The first kappa shape index (κ1) is 19.1. The molecule has 0 radical (unpaired) electrons. The van der Waals surface area contributed by atoms with Gasteiger partial charge in [0, 0.05) is 11.9 Å². The van der Waals surface area contributed by atoms with Crippen molar-refractivity contribution in [3.8, 4) is 10.7 Å². The van der Waals surface area contributed by atoms with Crippen LogP contribution in [0.15, 0.2) is 18.2 Å². The van der Waals surface area contributed by atoms with E-state index in [9.17, 15) is 13.2 Å². The van der Waals surface area contributed by atoms with Crippen LogP contribution in [0.4, 0.5) is 18.3 Å². The van der Waals surface area contributed by atoms with Gasteiger partial charge in [-0.05, 0) is 61.4 Å². The van der Waals surface area contributed by atoms with Gasteiger partial charge in [-0.25, -0.2) is 4.98 Å². The molecule has 1 aliphatic rings. The van der Waals surface area contributed by atoms with Crippen LogP contribution in [-0.4, -0.2) is 21.7 Å². The molecule has 148 valence electrons. The number of hydrogen-bond acceptors (Lipinski definition) is 5. The van der Waals surface area contributed by atoms with Gasteiger partial charge in [0.25, 0.3) is 0 Å². The zero-order valence-corrected chi connectivity index (χ0v) is 16.5. The molecule has 1 N–H and O–H groups in total. The molecule has 3 aromatic rings. The van der Waals surface area contributed by atoms with E-state index in [0.29, 0.717) is 21.2 Å². The van der Waals surface area contributed by atoms with E-state index >= 15 is 0 Å². The van der Waals surface area contributed by atoms with Gasteiger partial charge in [-0.2, -0.15) is 13.2 Å². The maximum absolute atomic E-state index is 13.7. The van der Waals surface area contributed by atoms with Gasteiger partial charge in [0.1, 0.15) is 5.69 Å². The molecular weight excluding hydrogens is 385 g/mol. The third kappa shape index (κ3) is 3.83. The van der Waals surface area contributed by atoms with Crippen molar-refractivity contribution >= 4 is 27.4 Å². The van der Waals surface area contributed by atoms with Crippen LogP contribution in [0.2, 0.25) is 0 Å². The molecule has 1 fully saturated rings. The summed E-state index contributed by atoms with van der Waals surface area (Å²) in [6, 6.07) is 4.94. The average molecular weight is 406 g/mol. The fourth-order valence-corrected chi connectivity index (χ4v) is 3.99. The molecule has 2 heterocycles. The molecule has 28 heavy (non-hydrogen) atoms. The predicted molar refractivity (Wildman–Crippen MR) is 106 cm³/mol. The number of rotatable bonds is 6. The number of hydrogen-bond donors (Lipinski definition) is 1. The number of pyridine rings is 1. The highest BCUT2D eigenvalue weighted by atomic mass is 32.1. The molecule has 1 saturated carbocycles. The molecule has 0 bridgehead atoms. The Hall–Kier alpha value is -2.22. The molecule has 0 unspecified atom stereocenters. The van der Waals surface area contributed by atoms with E-state index in [4.69, 9.17) is 0 Å². The monoisotopic (exact) mass is 406 g/mol. The Balaban J connectivity index is 1.78. The second-order valence-electron chi connectivity index (χ2n) is 7.25. The summed E-state index contributed by atoms with van der Waals surface area (Å²) in [5.41, 5.74) is 1.28. The van der Waals surface area contributed by atoms with Crippen LogP contribution in [0.3, 0.4) is 0 Å². The number of benzene rings is 1. The normalized spacial score (nSPS) is 14.6. The summed E-state index contributed by atoms with van der Waals surface area (Å²) >= 11 is 1.31. The van der Waals surface area contributed by atoms with Gasteiger partial charge in [0.2, 0.25) is 5.13 Å². The molecule has 0 aliphatic heterocycles. The van der Waals surface area contributed by atoms with Crippen molar-refractivity contribution in [2.45, 2.75) is 51.6 Å². The summed E-state index contributed by atoms with van der Waals surface area (Å²) in [7, 11) is 0. The van der Waals surface area contributed by atoms with Gasteiger partial charge in [-0.3, -0.25) is 0 Å². The van der Waals surface area contributed by atoms with Gasteiger partial charge >= 0.3 is 6.18 Å². The van der Waals surface area contributed by atoms with E-state index in [0.717, 1.165) is 43.4 Å². The Bertz CT molecular complexity index is 1010. The highest BCUT2D eigenvalue weighted by Crippen LogP contribution is 2.45. The Morgan fingerprint density at radius 3 is 2.64 bits per heavy atom. The number of aryl methyl sites for hydroxylation is 1. The lowest BCUT2D eigenvalue weighted by atomic mass is 9.98. The van der Waals surface area contributed by atoms with Crippen LogP contribution in [0.1, 0.15) is 55.2 Å². The van der Waals surface area contributed by atoms with E-state index in [1.807, 2.05) is 13.0 Å². The highest BCUT2D eigenvalue weighted by molar-refractivity contribution is 7.18. The summed E-state index contributed by atoms with van der Waals surface area (Å²) in [5, 5.41) is 13.1. The fraction of sp³-hybridized carbons (Fsp3) is 0.450. The van der Waals surface area contributed by atoms with Crippen molar-refractivity contribution in [1.29, 1.82) is 0 Å². The predicted octanol–water partition coefficient (Wildman–Crippen LogP) is 6.17. The number of halogens is 3. The van der Waals surface area contributed by atoms with Crippen LogP contribution in [0.25, 0.3) is 21.6 Å². The first-order chi connectivity index (χ1) is 13.4. The van der Waals surface area contributed by atoms with Crippen molar-refractivity contribution in [1.82, 2.24) is 15.2 Å². The molecule has 1 aromatic carbocycles. The zero-order chi connectivity index (χ0) is 19.9. The summed E-state index contributed by atoms with van der Waals surface area (Å²) in [5.74, 6) is 0.240. The van der Waals surface area contributed by atoms with E-state index in [-0.39, 0.29) is 11.4 Å². The molecule has 0 spiro atoms. The third-order valence-corrected chi connectivity index (χ3v) is 5.85. The molecule has 0 amide bonds. The Labute approximate surface area is 165 Å². The third-order valence-electron chi connectivity index (χ3n) is 4.95. The quantitative estimate of drug-likeness (QED) is 0.497. The van der Waals surface area contributed by atoms with E-state index in [2.05, 4.69) is 27.4 Å². The highest BCUT2D eigenvalue weighted by Gasteiger charge is 2.36. The van der Waals surface area contributed by atoms with E-state index in [1.54, 1.807) is 6.07 Å². The smallest absolute Gasteiger partial charge is 0.360 e. The van der Waals surface area contributed by atoms with Crippen molar-refractivity contribution in [2.75, 3.05) is 11.9 Å². The first-order valence-corrected chi connectivity index (χ1v) is 10.3. The number of unbranched alkanes of at least 4 members (excludes halogenated alkanes) is 1. The Morgan fingerprint density at radius 1 is 1.18 bits per heavy atom. The number of nitrogens with one attached hydrogen (secondary N) is 1. The Kier molecular flexibility index (Phi) is 4.99. The standard InChI is InChI=1S/C20H21F3N4S/c1-3-4-7-24-19-27-26-18(28-19)16-8-11(2)14-9-13(12-5-6-12)10-15(17(14)25-16)20(21,22)23/h8-10,12H,3-7H2,1-2H3,(H,24,27). The van der Waals surface area contributed by atoms with Gasteiger partial charge < -0.3 is 5.32 Å². The number of fused-ring (bicyclic) bond motifs is 1. The minimum absolute atomic E-state index is 0.0115. The SMILES string of the molecule is CCCCNc1nnc(-c2cc(C)c3cc(C4CC4)cc(C(F)(F)F)c3n2)s1. The van der Waals surface area contributed by atoms with Gasteiger partial charge in [-0.15, -0.1) is 10.2 Å². The van der Waals surface area contributed by atoms with Gasteiger partial charge in [0.05, 0.1) is 11.1 Å². The van der Waals surface area contributed by atoms with Gasteiger partial charge in [0.15, 0.2) is 5.01 Å². The summed E-state index contributed by atoms with van der Waals surface area (Å²) in [6.07, 6.45) is -0.471. The molecular formula is C20H21F3N4S. The summed E-state index contributed by atoms with van der Waals surface area (Å²) < 4.78 is 41.2. The molecule has 2 aromatic heterocycles. The van der Waals surface area contributed by atoms with Crippen LogP contribution in [0.5, 0.6) is 0 Å². The maximum atomic E-state index is 13.7. The molecule has 1 aliphatic carbocycles. The number of aromatic nitrogens is 3. The molecule has 4 rings (SSSR count). The maximum Gasteiger partial charge on any atom is 0.418 e. The number of alkyl halides is 3.